The van der Waals surface area contributed by atoms with Gasteiger partial charge in [-0.25, -0.2) is 4.39 Å². The van der Waals surface area contributed by atoms with Crippen molar-refractivity contribution in [2.24, 2.45) is 5.73 Å². The Kier molecular flexibility index (Phi) is 5.13. The average molecular weight is 327 g/mol. The van der Waals surface area contributed by atoms with Crippen LogP contribution in [0.5, 0.6) is 0 Å². The van der Waals surface area contributed by atoms with Gasteiger partial charge in [0.15, 0.2) is 0 Å². The highest BCUT2D eigenvalue weighted by atomic mass is 35.5. The Labute approximate surface area is 137 Å². The van der Waals surface area contributed by atoms with E-state index in [9.17, 15) is 9.18 Å². The van der Waals surface area contributed by atoms with E-state index < -0.39 is 5.54 Å². The minimum atomic E-state index is -0.698. The van der Waals surface area contributed by atoms with Gasteiger partial charge in [-0.3, -0.25) is 4.79 Å². The predicted octanol–water partition coefficient (Wildman–Crippen LogP) is 3.06. The normalized spacial score (nSPS) is 21.5. The Morgan fingerprint density at radius 1 is 1.18 bits per heavy atom. The molecule has 0 unspecified atom stereocenters. The molecule has 2 fully saturated rings. The second-order valence-electron chi connectivity index (χ2n) is 6.69. The van der Waals surface area contributed by atoms with Crippen LogP contribution < -0.4 is 11.1 Å². The number of hydrogen-bond donors (Lipinski definition) is 2. The quantitative estimate of drug-likeness (QED) is 0.893. The Hall–Kier alpha value is -1.13. The maximum Gasteiger partial charge on any atom is 0.240 e. The van der Waals surface area contributed by atoms with Crippen LogP contribution in [-0.4, -0.2) is 18.0 Å². The molecule has 22 heavy (non-hydrogen) atoms. The third kappa shape index (κ3) is 3.44. The minimum Gasteiger partial charge on any atom is -0.354 e. The number of benzene rings is 1. The summed E-state index contributed by atoms with van der Waals surface area (Å²) in [5.74, 6) is -0.252. The third-order valence-electron chi connectivity index (χ3n) is 5.08. The molecule has 0 aliphatic heterocycles. The summed E-state index contributed by atoms with van der Waals surface area (Å²) >= 11 is 0. The van der Waals surface area contributed by atoms with Gasteiger partial charge >= 0.3 is 0 Å². The van der Waals surface area contributed by atoms with Gasteiger partial charge in [-0.05, 0) is 43.4 Å². The van der Waals surface area contributed by atoms with Crippen molar-refractivity contribution in [3.8, 4) is 0 Å². The van der Waals surface area contributed by atoms with Gasteiger partial charge in [0, 0.05) is 12.0 Å². The first-order valence-corrected chi connectivity index (χ1v) is 7.87. The zero-order valence-electron chi connectivity index (χ0n) is 12.7. The molecule has 122 valence electrons. The van der Waals surface area contributed by atoms with Crippen LogP contribution >= 0.6 is 12.4 Å². The van der Waals surface area contributed by atoms with E-state index in [2.05, 4.69) is 5.32 Å². The molecule has 0 radical (unpaired) electrons. The highest BCUT2D eigenvalue weighted by molar-refractivity contribution is 5.86. The maximum absolute atomic E-state index is 13.4. The summed E-state index contributed by atoms with van der Waals surface area (Å²) in [7, 11) is 0. The van der Waals surface area contributed by atoms with Gasteiger partial charge in [0.25, 0.3) is 0 Å². The first-order valence-electron chi connectivity index (χ1n) is 7.87. The van der Waals surface area contributed by atoms with Crippen LogP contribution in [0.25, 0.3) is 0 Å². The molecule has 2 aliphatic carbocycles. The fourth-order valence-electron chi connectivity index (χ4n) is 3.37. The lowest BCUT2D eigenvalue weighted by atomic mass is 9.81. The largest absolute Gasteiger partial charge is 0.354 e. The van der Waals surface area contributed by atoms with Crippen LogP contribution in [0.15, 0.2) is 24.3 Å². The molecule has 0 heterocycles. The maximum atomic E-state index is 13.4. The summed E-state index contributed by atoms with van der Waals surface area (Å²) in [6.07, 6.45) is 6.75. The molecule has 1 aromatic rings. The molecule has 2 saturated carbocycles. The Morgan fingerprint density at radius 2 is 1.86 bits per heavy atom. The number of rotatable bonds is 4. The van der Waals surface area contributed by atoms with Gasteiger partial charge in [-0.15, -0.1) is 12.4 Å². The van der Waals surface area contributed by atoms with Crippen LogP contribution in [0.3, 0.4) is 0 Å². The number of hydrogen-bond acceptors (Lipinski definition) is 2. The number of nitrogens with two attached hydrogens (primary N) is 1. The van der Waals surface area contributed by atoms with Crippen molar-refractivity contribution in [3.05, 3.63) is 35.6 Å². The van der Waals surface area contributed by atoms with Gasteiger partial charge in [0.1, 0.15) is 5.82 Å². The Bertz CT molecular complexity index is 539. The lowest BCUT2D eigenvalue weighted by Crippen LogP contribution is -2.56. The van der Waals surface area contributed by atoms with E-state index in [1.54, 1.807) is 12.1 Å². The molecule has 5 heteroatoms. The third-order valence-corrected chi connectivity index (χ3v) is 5.08. The zero-order chi connectivity index (χ0) is 14.9. The van der Waals surface area contributed by atoms with Gasteiger partial charge in [-0.1, -0.05) is 31.4 Å². The highest BCUT2D eigenvalue weighted by Crippen LogP contribution is 2.47. The fraction of sp³-hybridized carbons (Fsp3) is 0.588. The molecule has 2 aliphatic rings. The molecule has 0 aromatic heterocycles. The molecule has 1 amide bonds. The smallest absolute Gasteiger partial charge is 0.240 e. The number of amides is 1. The number of carbonyl (C=O) groups excluding carboxylic acids is 1. The topological polar surface area (TPSA) is 55.1 Å². The SMILES string of the molecule is Cl.NC1(C(=O)NCC2(c3cccc(F)c3)CC2)CCCCC1. The highest BCUT2D eigenvalue weighted by Gasteiger charge is 2.45. The van der Waals surface area contributed by atoms with Crippen LogP contribution in [-0.2, 0) is 10.2 Å². The molecular formula is C17H24ClFN2O. The molecule has 0 atom stereocenters. The van der Waals surface area contributed by atoms with Crippen molar-refractivity contribution in [1.82, 2.24) is 5.32 Å². The van der Waals surface area contributed by atoms with Crippen molar-refractivity contribution in [2.75, 3.05) is 6.54 Å². The summed E-state index contributed by atoms with van der Waals surface area (Å²) in [5.41, 5.74) is 6.45. The Morgan fingerprint density at radius 3 is 2.45 bits per heavy atom. The van der Waals surface area contributed by atoms with Gasteiger partial charge in [-0.2, -0.15) is 0 Å². The molecule has 0 spiro atoms. The summed E-state index contributed by atoms with van der Waals surface area (Å²) in [4.78, 5) is 12.4. The molecular weight excluding hydrogens is 303 g/mol. The lowest BCUT2D eigenvalue weighted by Gasteiger charge is -2.32. The average Bonchev–Trinajstić information content (AvgIpc) is 3.27. The monoisotopic (exact) mass is 326 g/mol. The van der Waals surface area contributed by atoms with Gasteiger partial charge < -0.3 is 11.1 Å². The molecule has 3 rings (SSSR count). The molecule has 3 N–H and O–H groups in total. The molecule has 3 nitrogen and oxygen atoms in total. The summed E-state index contributed by atoms with van der Waals surface area (Å²) < 4.78 is 13.4. The van der Waals surface area contributed by atoms with Crippen molar-refractivity contribution >= 4 is 18.3 Å². The van der Waals surface area contributed by atoms with E-state index in [0.29, 0.717) is 6.54 Å². The van der Waals surface area contributed by atoms with E-state index in [0.717, 1.165) is 44.1 Å². The number of nitrogens with one attached hydrogen (secondary N) is 1. The number of halogens is 2. The van der Waals surface area contributed by atoms with Crippen molar-refractivity contribution in [2.45, 2.75) is 55.9 Å². The van der Waals surface area contributed by atoms with Crippen molar-refractivity contribution < 1.29 is 9.18 Å². The van der Waals surface area contributed by atoms with E-state index in [4.69, 9.17) is 5.73 Å². The zero-order valence-corrected chi connectivity index (χ0v) is 13.6. The van der Waals surface area contributed by atoms with Crippen molar-refractivity contribution in [3.63, 3.8) is 0 Å². The summed E-state index contributed by atoms with van der Waals surface area (Å²) in [5, 5.41) is 3.03. The molecule has 1 aromatic carbocycles. The minimum absolute atomic E-state index is 0. The van der Waals surface area contributed by atoms with Crippen LogP contribution in [0.1, 0.15) is 50.5 Å². The lowest BCUT2D eigenvalue weighted by molar-refractivity contribution is -0.127. The van der Waals surface area contributed by atoms with Crippen LogP contribution in [0.2, 0.25) is 0 Å². The first kappa shape index (κ1) is 17.2. The second-order valence-corrected chi connectivity index (χ2v) is 6.69. The van der Waals surface area contributed by atoms with E-state index in [1.807, 2.05) is 6.07 Å². The van der Waals surface area contributed by atoms with E-state index in [1.165, 1.54) is 12.5 Å². The summed E-state index contributed by atoms with van der Waals surface area (Å²) in [6.45, 7) is 0.564. The molecule has 0 bridgehead atoms. The molecule has 0 saturated heterocycles. The van der Waals surface area contributed by atoms with Crippen molar-refractivity contribution in [1.29, 1.82) is 0 Å². The van der Waals surface area contributed by atoms with E-state index in [-0.39, 0.29) is 29.5 Å². The Balaban J connectivity index is 0.00000176. The second kappa shape index (κ2) is 6.55. The summed E-state index contributed by atoms with van der Waals surface area (Å²) in [6, 6.07) is 6.71. The number of carbonyl (C=O) groups is 1. The van der Waals surface area contributed by atoms with Crippen LogP contribution in [0.4, 0.5) is 4.39 Å². The van der Waals surface area contributed by atoms with Gasteiger partial charge in [0.05, 0.1) is 5.54 Å². The predicted molar refractivity (Wildman–Crippen MR) is 87.6 cm³/mol. The fourth-order valence-corrected chi connectivity index (χ4v) is 3.37. The van der Waals surface area contributed by atoms with E-state index >= 15 is 0 Å². The standard InChI is InChI=1S/C17H23FN2O.ClH/c18-14-6-4-5-13(11-14)16(9-10-16)12-20-15(21)17(19)7-2-1-3-8-17;/h4-6,11H,1-3,7-10,12,19H2,(H,20,21);1H. The van der Waals surface area contributed by atoms with Crippen LogP contribution in [0, 0.1) is 5.82 Å². The van der Waals surface area contributed by atoms with Gasteiger partial charge in [0.2, 0.25) is 5.91 Å². The first-order chi connectivity index (χ1) is 10.0.